The molecule has 2 saturated heterocycles. The smallest absolute Gasteiger partial charge is 0.328 e. The molecule has 1 spiro atoms. The van der Waals surface area contributed by atoms with Crippen LogP contribution in [-0.4, -0.2) is 85.2 Å². The second-order valence-electron chi connectivity index (χ2n) is 6.83. The number of hydrogen-bond acceptors (Lipinski definition) is 7. The molecule has 0 atom stereocenters. The van der Waals surface area contributed by atoms with Crippen molar-refractivity contribution in [3.05, 3.63) is 24.2 Å². The van der Waals surface area contributed by atoms with Crippen molar-refractivity contribution < 1.29 is 28.3 Å². The first-order chi connectivity index (χ1) is 13.0. The highest BCUT2D eigenvalue weighted by molar-refractivity contribution is 6.08. The van der Waals surface area contributed by atoms with Gasteiger partial charge in [-0.2, -0.15) is 0 Å². The molecule has 2 aliphatic heterocycles. The lowest BCUT2D eigenvalue weighted by molar-refractivity contribution is -0.146. The summed E-state index contributed by atoms with van der Waals surface area (Å²) < 4.78 is 14.9. The van der Waals surface area contributed by atoms with E-state index in [1.165, 1.54) is 7.11 Å². The summed E-state index contributed by atoms with van der Waals surface area (Å²) in [4.78, 5) is 42.4. The van der Waals surface area contributed by atoms with E-state index in [1.807, 2.05) is 6.07 Å². The minimum Gasteiger partial charge on any atom is -0.472 e. The Kier molecular flexibility index (Phi) is 5.81. The Bertz CT molecular complexity index is 681. The lowest BCUT2D eigenvalue weighted by atomic mass is 9.85. The summed E-state index contributed by atoms with van der Waals surface area (Å²) in [5.41, 5.74) is 0.152. The zero-order valence-corrected chi connectivity index (χ0v) is 15.7. The van der Waals surface area contributed by atoms with Crippen LogP contribution in [0, 0.1) is 0 Å². The molecule has 0 radical (unpaired) electrons. The largest absolute Gasteiger partial charge is 0.472 e. The summed E-state index contributed by atoms with van der Waals surface area (Å²) in [5, 5.41) is 0. The average Bonchev–Trinajstić information content (AvgIpc) is 3.24. The topological polar surface area (TPSA) is 92.5 Å². The second kappa shape index (κ2) is 8.10. The number of rotatable bonds is 7. The fraction of sp³-hybridized carbons (Fsp3) is 0.611. The zero-order chi connectivity index (χ0) is 19.4. The van der Waals surface area contributed by atoms with Crippen molar-refractivity contribution in [2.45, 2.75) is 24.9 Å². The highest BCUT2D eigenvalue weighted by Crippen LogP contribution is 2.37. The number of piperidine rings is 1. The van der Waals surface area contributed by atoms with E-state index in [0.717, 1.165) is 17.0 Å². The molecule has 9 nitrogen and oxygen atoms in total. The van der Waals surface area contributed by atoms with Crippen LogP contribution in [0.5, 0.6) is 0 Å². The number of methoxy groups -OCH3 is 2. The average molecular weight is 379 g/mol. The van der Waals surface area contributed by atoms with E-state index in [9.17, 15) is 14.4 Å². The van der Waals surface area contributed by atoms with Gasteiger partial charge in [-0.25, -0.2) is 4.79 Å². The van der Waals surface area contributed by atoms with Crippen molar-refractivity contribution in [1.82, 2.24) is 14.7 Å². The number of furan rings is 1. The van der Waals surface area contributed by atoms with E-state index in [-0.39, 0.29) is 12.5 Å². The molecule has 2 fully saturated rings. The molecule has 2 aliphatic rings. The first-order valence-electron chi connectivity index (χ1n) is 8.94. The van der Waals surface area contributed by atoms with Gasteiger partial charge in [0.15, 0.2) is 0 Å². The first-order valence-corrected chi connectivity index (χ1v) is 8.94. The van der Waals surface area contributed by atoms with Gasteiger partial charge in [-0.3, -0.25) is 19.4 Å². The fourth-order valence-corrected chi connectivity index (χ4v) is 3.81. The SMILES string of the molecule is COCCN1C(=O)N(CC(=O)OC)C(=O)C12CCN(Cc1ccoc1)CC2. The number of imide groups is 1. The number of nitrogens with zero attached hydrogens (tertiary/aromatic N) is 3. The van der Waals surface area contributed by atoms with Crippen molar-refractivity contribution >= 4 is 17.9 Å². The molecule has 3 heterocycles. The summed E-state index contributed by atoms with van der Waals surface area (Å²) in [6.45, 7) is 2.34. The number of esters is 1. The van der Waals surface area contributed by atoms with Crippen LogP contribution in [0.25, 0.3) is 0 Å². The number of hydrogen-bond donors (Lipinski definition) is 0. The van der Waals surface area contributed by atoms with Gasteiger partial charge in [0.1, 0.15) is 12.1 Å². The van der Waals surface area contributed by atoms with Crippen LogP contribution in [0.15, 0.2) is 23.0 Å². The van der Waals surface area contributed by atoms with E-state index in [0.29, 0.717) is 39.1 Å². The van der Waals surface area contributed by atoms with Gasteiger partial charge < -0.3 is 18.8 Å². The number of likely N-dealkylation sites (tertiary alicyclic amines) is 1. The van der Waals surface area contributed by atoms with Crippen LogP contribution < -0.4 is 0 Å². The van der Waals surface area contributed by atoms with Crippen molar-refractivity contribution in [1.29, 1.82) is 0 Å². The Morgan fingerprint density at radius 1 is 1.26 bits per heavy atom. The molecule has 0 bridgehead atoms. The Balaban J connectivity index is 1.75. The third-order valence-corrected chi connectivity index (χ3v) is 5.33. The van der Waals surface area contributed by atoms with Crippen LogP contribution in [0.2, 0.25) is 0 Å². The van der Waals surface area contributed by atoms with E-state index in [4.69, 9.17) is 9.15 Å². The summed E-state index contributed by atoms with van der Waals surface area (Å²) in [6.07, 6.45) is 4.36. The Morgan fingerprint density at radius 3 is 2.59 bits per heavy atom. The van der Waals surface area contributed by atoms with Gasteiger partial charge in [-0.1, -0.05) is 0 Å². The molecular weight excluding hydrogens is 354 g/mol. The molecule has 3 rings (SSSR count). The van der Waals surface area contributed by atoms with E-state index >= 15 is 0 Å². The number of carbonyl (C=O) groups excluding carboxylic acids is 3. The van der Waals surface area contributed by atoms with Gasteiger partial charge in [0, 0.05) is 38.9 Å². The van der Waals surface area contributed by atoms with Crippen LogP contribution >= 0.6 is 0 Å². The molecule has 0 N–H and O–H groups in total. The summed E-state index contributed by atoms with van der Waals surface area (Å²) >= 11 is 0. The summed E-state index contributed by atoms with van der Waals surface area (Å²) in [5.74, 6) is -0.935. The van der Waals surface area contributed by atoms with Crippen LogP contribution in [0.1, 0.15) is 18.4 Å². The Hall–Kier alpha value is -2.39. The van der Waals surface area contributed by atoms with Crippen LogP contribution in [0.3, 0.4) is 0 Å². The molecular formula is C18H25N3O6. The molecule has 148 valence electrons. The number of amides is 3. The van der Waals surface area contributed by atoms with Gasteiger partial charge in [-0.05, 0) is 18.9 Å². The predicted octanol–water partition coefficient (Wildman–Crippen LogP) is 0.698. The molecule has 1 aromatic rings. The Morgan fingerprint density at radius 2 is 2.00 bits per heavy atom. The van der Waals surface area contributed by atoms with Crippen LogP contribution in [-0.2, 0) is 25.6 Å². The van der Waals surface area contributed by atoms with E-state index in [1.54, 1.807) is 24.5 Å². The quantitative estimate of drug-likeness (QED) is 0.508. The lowest BCUT2D eigenvalue weighted by Gasteiger charge is -2.42. The van der Waals surface area contributed by atoms with Crippen LogP contribution in [0.4, 0.5) is 4.79 Å². The zero-order valence-electron chi connectivity index (χ0n) is 15.7. The van der Waals surface area contributed by atoms with Crippen molar-refractivity contribution in [3.63, 3.8) is 0 Å². The molecule has 3 amide bonds. The van der Waals surface area contributed by atoms with Gasteiger partial charge >= 0.3 is 12.0 Å². The highest BCUT2D eigenvalue weighted by Gasteiger charge is 2.58. The Labute approximate surface area is 157 Å². The summed E-state index contributed by atoms with van der Waals surface area (Å²) in [6, 6.07) is 1.46. The molecule has 0 aliphatic carbocycles. The molecule has 27 heavy (non-hydrogen) atoms. The van der Waals surface area contributed by atoms with Gasteiger partial charge in [0.05, 0.1) is 26.2 Å². The standard InChI is InChI=1S/C18H25N3O6/c1-25-10-8-21-17(24)20(12-15(22)26-2)16(23)18(21)4-6-19(7-5-18)11-14-3-9-27-13-14/h3,9,13H,4-8,10-12H2,1-2H3. The number of ether oxygens (including phenoxy) is 2. The molecule has 9 heteroatoms. The monoisotopic (exact) mass is 379 g/mol. The minimum absolute atomic E-state index is 0.306. The van der Waals surface area contributed by atoms with E-state index < -0.39 is 17.5 Å². The lowest BCUT2D eigenvalue weighted by Crippen LogP contribution is -2.57. The second-order valence-corrected chi connectivity index (χ2v) is 6.83. The predicted molar refractivity (Wildman–Crippen MR) is 93.7 cm³/mol. The maximum atomic E-state index is 13.1. The number of carbonyl (C=O) groups is 3. The number of urea groups is 1. The van der Waals surface area contributed by atoms with Crippen molar-refractivity contribution in [2.24, 2.45) is 0 Å². The maximum absolute atomic E-state index is 13.1. The van der Waals surface area contributed by atoms with Crippen molar-refractivity contribution in [2.75, 3.05) is 47.0 Å². The third-order valence-electron chi connectivity index (χ3n) is 5.33. The molecule has 0 unspecified atom stereocenters. The van der Waals surface area contributed by atoms with E-state index in [2.05, 4.69) is 9.64 Å². The van der Waals surface area contributed by atoms with Gasteiger partial charge in [0.2, 0.25) is 0 Å². The van der Waals surface area contributed by atoms with Crippen molar-refractivity contribution in [3.8, 4) is 0 Å². The highest BCUT2D eigenvalue weighted by atomic mass is 16.5. The minimum atomic E-state index is -0.920. The third kappa shape index (κ3) is 3.70. The van der Waals surface area contributed by atoms with Gasteiger partial charge in [0.25, 0.3) is 5.91 Å². The van der Waals surface area contributed by atoms with Gasteiger partial charge in [-0.15, -0.1) is 0 Å². The maximum Gasteiger partial charge on any atom is 0.328 e. The first kappa shape index (κ1) is 19.4. The molecule has 1 aromatic heterocycles. The molecule has 0 aromatic carbocycles. The fourth-order valence-electron chi connectivity index (χ4n) is 3.81. The molecule has 0 saturated carbocycles. The summed E-state index contributed by atoms with van der Waals surface area (Å²) in [7, 11) is 2.79. The normalized spacial score (nSPS) is 19.9.